The lowest BCUT2D eigenvalue weighted by atomic mass is 10.0. The summed E-state index contributed by atoms with van der Waals surface area (Å²) in [5.41, 5.74) is 1.20. The standard InChI is InChI=1S/C17H13ClFNO3S/c18-12-5-9(6-14-16(12)23-8-22-14)17(21)20-13-3-4-24-15-2-1-10(19)7-11(13)15/h1-2,5-7,13H,3-4,8H2,(H,20,21). The van der Waals surface area contributed by atoms with Crippen LogP contribution in [0.15, 0.2) is 35.2 Å². The quantitative estimate of drug-likeness (QED) is 0.867. The molecule has 2 aromatic rings. The smallest absolute Gasteiger partial charge is 0.251 e. The van der Waals surface area contributed by atoms with Crippen LogP contribution >= 0.6 is 23.4 Å². The van der Waals surface area contributed by atoms with Crippen molar-refractivity contribution < 1.29 is 18.7 Å². The summed E-state index contributed by atoms with van der Waals surface area (Å²) in [6, 6.07) is 7.61. The van der Waals surface area contributed by atoms with Gasteiger partial charge in [-0.15, -0.1) is 11.8 Å². The van der Waals surface area contributed by atoms with Crippen molar-refractivity contribution in [2.45, 2.75) is 17.4 Å². The van der Waals surface area contributed by atoms with E-state index in [0.717, 1.165) is 22.6 Å². The lowest BCUT2D eigenvalue weighted by Gasteiger charge is -2.26. The number of ether oxygens (including phenoxy) is 2. The van der Waals surface area contributed by atoms with Crippen LogP contribution < -0.4 is 14.8 Å². The molecule has 7 heteroatoms. The molecular weight excluding hydrogens is 353 g/mol. The van der Waals surface area contributed by atoms with E-state index in [9.17, 15) is 9.18 Å². The van der Waals surface area contributed by atoms with Gasteiger partial charge in [0.25, 0.3) is 5.91 Å². The number of thioether (sulfide) groups is 1. The predicted molar refractivity (Wildman–Crippen MR) is 89.5 cm³/mol. The molecule has 2 aliphatic rings. The summed E-state index contributed by atoms with van der Waals surface area (Å²) in [5, 5.41) is 3.30. The van der Waals surface area contributed by atoms with Gasteiger partial charge in [0, 0.05) is 16.2 Å². The van der Waals surface area contributed by atoms with E-state index >= 15 is 0 Å². The number of hydrogen-bond acceptors (Lipinski definition) is 4. The third kappa shape index (κ3) is 2.80. The number of halogens is 2. The molecule has 4 rings (SSSR count). The van der Waals surface area contributed by atoms with Crippen LogP contribution in [0.25, 0.3) is 0 Å². The lowest BCUT2D eigenvalue weighted by Crippen LogP contribution is -2.30. The van der Waals surface area contributed by atoms with Crippen LogP contribution in [-0.4, -0.2) is 18.5 Å². The highest BCUT2D eigenvalue weighted by atomic mass is 35.5. The van der Waals surface area contributed by atoms with Gasteiger partial charge in [-0.1, -0.05) is 11.6 Å². The monoisotopic (exact) mass is 365 g/mol. The summed E-state index contributed by atoms with van der Waals surface area (Å²) in [6.45, 7) is 0.0899. The number of carbonyl (C=O) groups excluding carboxylic acids is 1. The fourth-order valence-corrected chi connectivity index (χ4v) is 4.23. The Hall–Kier alpha value is -1.92. The topological polar surface area (TPSA) is 47.6 Å². The Balaban J connectivity index is 1.60. The van der Waals surface area contributed by atoms with Gasteiger partial charge in [-0.05, 0) is 42.3 Å². The van der Waals surface area contributed by atoms with Gasteiger partial charge in [0.2, 0.25) is 6.79 Å². The average molecular weight is 366 g/mol. The van der Waals surface area contributed by atoms with Crippen molar-refractivity contribution >= 4 is 29.3 Å². The number of rotatable bonds is 2. The molecule has 2 heterocycles. The number of amides is 1. The SMILES string of the molecule is O=C(NC1CCSc2ccc(F)cc21)c1cc(Cl)c2c(c1)OCO2. The van der Waals surface area contributed by atoms with Gasteiger partial charge in [0.05, 0.1) is 11.1 Å². The van der Waals surface area contributed by atoms with Gasteiger partial charge in [-0.3, -0.25) is 4.79 Å². The number of fused-ring (bicyclic) bond motifs is 2. The van der Waals surface area contributed by atoms with Crippen LogP contribution in [0.3, 0.4) is 0 Å². The van der Waals surface area contributed by atoms with Crippen molar-refractivity contribution in [2.24, 2.45) is 0 Å². The molecule has 4 nitrogen and oxygen atoms in total. The minimum atomic E-state index is -0.304. The maximum atomic E-state index is 13.6. The second kappa shape index (κ2) is 6.18. The van der Waals surface area contributed by atoms with Crippen molar-refractivity contribution in [3.8, 4) is 11.5 Å². The Morgan fingerprint density at radius 3 is 3.04 bits per heavy atom. The maximum absolute atomic E-state index is 13.6. The van der Waals surface area contributed by atoms with Crippen LogP contribution in [0.5, 0.6) is 11.5 Å². The first-order valence-electron chi connectivity index (χ1n) is 7.44. The van der Waals surface area contributed by atoms with Crippen LogP contribution in [-0.2, 0) is 0 Å². The van der Waals surface area contributed by atoms with Crippen molar-refractivity contribution in [2.75, 3.05) is 12.5 Å². The third-order valence-electron chi connectivity index (χ3n) is 4.01. The van der Waals surface area contributed by atoms with Crippen LogP contribution in [0.2, 0.25) is 5.02 Å². The van der Waals surface area contributed by atoms with Crippen molar-refractivity contribution in [1.29, 1.82) is 0 Å². The molecule has 2 aliphatic heterocycles. The Morgan fingerprint density at radius 2 is 2.17 bits per heavy atom. The zero-order chi connectivity index (χ0) is 16.7. The van der Waals surface area contributed by atoms with E-state index in [0.29, 0.717) is 22.1 Å². The molecule has 1 unspecified atom stereocenters. The molecule has 0 saturated carbocycles. The minimum absolute atomic E-state index is 0.0899. The van der Waals surface area contributed by atoms with Gasteiger partial charge in [-0.2, -0.15) is 0 Å². The summed E-state index contributed by atoms with van der Waals surface area (Å²) in [6.07, 6.45) is 0.741. The molecular formula is C17H13ClFNO3S. The van der Waals surface area contributed by atoms with E-state index in [1.54, 1.807) is 30.0 Å². The van der Waals surface area contributed by atoms with E-state index in [2.05, 4.69) is 5.32 Å². The number of benzene rings is 2. The third-order valence-corrected chi connectivity index (χ3v) is 5.41. The summed E-state index contributed by atoms with van der Waals surface area (Å²) < 4.78 is 24.1. The van der Waals surface area contributed by atoms with Gasteiger partial charge < -0.3 is 14.8 Å². The Bertz CT molecular complexity index is 830. The highest BCUT2D eigenvalue weighted by Crippen LogP contribution is 2.40. The zero-order valence-corrected chi connectivity index (χ0v) is 14.0. The lowest BCUT2D eigenvalue weighted by molar-refractivity contribution is 0.0934. The predicted octanol–water partition coefficient (Wildman–Crippen LogP) is 4.17. The van der Waals surface area contributed by atoms with Gasteiger partial charge in [0.1, 0.15) is 5.82 Å². The fraction of sp³-hybridized carbons (Fsp3) is 0.235. The molecule has 0 bridgehead atoms. The molecule has 0 spiro atoms. The van der Waals surface area contributed by atoms with Crippen LogP contribution in [0.4, 0.5) is 4.39 Å². The second-order valence-electron chi connectivity index (χ2n) is 5.54. The summed E-state index contributed by atoms with van der Waals surface area (Å²) in [4.78, 5) is 13.6. The molecule has 124 valence electrons. The summed E-state index contributed by atoms with van der Waals surface area (Å²) in [5.74, 6) is 1.20. The van der Waals surface area contributed by atoms with Crippen molar-refractivity contribution in [3.05, 3.63) is 52.3 Å². The van der Waals surface area contributed by atoms with Crippen molar-refractivity contribution in [3.63, 3.8) is 0 Å². The minimum Gasteiger partial charge on any atom is -0.454 e. The first-order chi connectivity index (χ1) is 11.6. The molecule has 2 aromatic carbocycles. The Morgan fingerprint density at radius 1 is 1.29 bits per heavy atom. The average Bonchev–Trinajstić information content (AvgIpc) is 3.04. The maximum Gasteiger partial charge on any atom is 0.251 e. The molecule has 0 aromatic heterocycles. The van der Waals surface area contributed by atoms with Gasteiger partial charge in [-0.25, -0.2) is 4.39 Å². The van der Waals surface area contributed by atoms with Gasteiger partial charge in [0.15, 0.2) is 11.5 Å². The van der Waals surface area contributed by atoms with E-state index in [1.807, 2.05) is 0 Å². The molecule has 1 N–H and O–H groups in total. The molecule has 1 amide bonds. The van der Waals surface area contributed by atoms with E-state index in [1.165, 1.54) is 12.1 Å². The Kier molecular flexibility index (Phi) is 4.02. The molecule has 1 atom stereocenters. The molecule has 0 aliphatic carbocycles. The second-order valence-corrected chi connectivity index (χ2v) is 7.08. The summed E-state index contributed by atoms with van der Waals surface area (Å²) in [7, 11) is 0. The number of hydrogen-bond donors (Lipinski definition) is 1. The first-order valence-corrected chi connectivity index (χ1v) is 8.80. The van der Waals surface area contributed by atoms with Crippen molar-refractivity contribution in [1.82, 2.24) is 5.32 Å². The molecule has 24 heavy (non-hydrogen) atoms. The molecule has 0 radical (unpaired) electrons. The Labute approximate surface area is 147 Å². The first kappa shape index (κ1) is 15.6. The highest BCUT2D eigenvalue weighted by Gasteiger charge is 2.25. The van der Waals surface area contributed by atoms with E-state index in [4.69, 9.17) is 21.1 Å². The van der Waals surface area contributed by atoms with Gasteiger partial charge >= 0.3 is 0 Å². The number of carbonyl (C=O) groups is 1. The number of nitrogens with one attached hydrogen (secondary N) is 1. The summed E-state index contributed by atoms with van der Waals surface area (Å²) >= 11 is 7.79. The zero-order valence-electron chi connectivity index (χ0n) is 12.5. The highest BCUT2D eigenvalue weighted by molar-refractivity contribution is 7.99. The van der Waals surface area contributed by atoms with E-state index < -0.39 is 0 Å². The molecule has 0 saturated heterocycles. The fourth-order valence-electron chi connectivity index (χ4n) is 2.86. The van der Waals surface area contributed by atoms with E-state index in [-0.39, 0.29) is 24.6 Å². The van der Waals surface area contributed by atoms with Crippen LogP contribution in [0.1, 0.15) is 28.4 Å². The molecule has 0 fully saturated rings. The van der Waals surface area contributed by atoms with Crippen LogP contribution in [0, 0.1) is 5.82 Å². The largest absolute Gasteiger partial charge is 0.454 e. The normalized spacial score (nSPS) is 18.2.